The van der Waals surface area contributed by atoms with Gasteiger partial charge in [-0.3, -0.25) is 4.79 Å². The second-order valence-corrected chi connectivity index (χ2v) is 5.67. The number of thiocarbonyl (C=S) groups is 1. The molecule has 0 aromatic heterocycles. The maximum atomic E-state index is 13.1. The minimum atomic E-state index is -0.393. The predicted octanol–water partition coefficient (Wildman–Crippen LogP) is 2.35. The highest BCUT2D eigenvalue weighted by Crippen LogP contribution is 2.31. The number of nitrogens with zero attached hydrogens (tertiary/aromatic N) is 1. The Balaban J connectivity index is 2.06. The van der Waals surface area contributed by atoms with Crippen LogP contribution in [0, 0.1) is 11.2 Å². The molecule has 0 saturated carbocycles. The molecule has 5 heteroatoms. The number of benzene rings is 1. The normalized spacial score (nSPS) is 18.1. The number of carbonyl (C=O) groups excluding carboxylic acids is 1. The first-order valence-electron chi connectivity index (χ1n) is 6.27. The third-order valence-corrected chi connectivity index (χ3v) is 4.31. The average molecular weight is 280 g/mol. The van der Waals surface area contributed by atoms with E-state index in [2.05, 4.69) is 0 Å². The van der Waals surface area contributed by atoms with E-state index in [1.807, 2.05) is 6.92 Å². The number of nitrogens with two attached hydrogens (primary N) is 1. The van der Waals surface area contributed by atoms with Gasteiger partial charge in [0.15, 0.2) is 0 Å². The van der Waals surface area contributed by atoms with Crippen molar-refractivity contribution in [2.75, 3.05) is 13.1 Å². The number of piperidine rings is 1. The van der Waals surface area contributed by atoms with Gasteiger partial charge in [-0.15, -0.1) is 0 Å². The number of amides is 1. The fraction of sp³-hybridized carbons (Fsp3) is 0.429. The smallest absolute Gasteiger partial charge is 0.253 e. The summed E-state index contributed by atoms with van der Waals surface area (Å²) in [6, 6.07) is 5.78. The van der Waals surface area contributed by atoms with Gasteiger partial charge in [0, 0.05) is 24.1 Å². The highest BCUT2D eigenvalue weighted by atomic mass is 32.1. The van der Waals surface area contributed by atoms with Crippen LogP contribution in [0.25, 0.3) is 0 Å². The second-order valence-electron chi connectivity index (χ2n) is 5.23. The van der Waals surface area contributed by atoms with Gasteiger partial charge in [0.25, 0.3) is 5.91 Å². The first-order valence-corrected chi connectivity index (χ1v) is 6.68. The van der Waals surface area contributed by atoms with Gasteiger partial charge >= 0.3 is 0 Å². The fourth-order valence-corrected chi connectivity index (χ4v) is 2.46. The Morgan fingerprint density at radius 1 is 1.42 bits per heavy atom. The summed E-state index contributed by atoms with van der Waals surface area (Å²) in [5.74, 6) is -0.527. The van der Waals surface area contributed by atoms with E-state index in [4.69, 9.17) is 18.0 Å². The van der Waals surface area contributed by atoms with Crippen molar-refractivity contribution in [3.05, 3.63) is 35.6 Å². The van der Waals surface area contributed by atoms with E-state index in [1.165, 1.54) is 12.1 Å². The van der Waals surface area contributed by atoms with Crippen LogP contribution in [0.15, 0.2) is 24.3 Å². The van der Waals surface area contributed by atoms with Crippen molar-refractivity contribution in [1.82, 2.24) is 4.90 Å². The Kier molecular flexibility index (Phi) is 3.85. The minimum Gasteiger partial charge on any atom is -0.393 e. The van der Waals surface area contributed by atoms with Crippen LogP contribution in [0.4, 0.5) is 4.39 Å². The summed E-state index contributed by atoms with van der Waals surface area (Å²) in [7, 11) is 0. The monoisotopic (exact) mass is 280 g/mol. The Hall–Kier alpha value is -1.49. The number of rotatable bonds is 2. The van der Waals surface area contributed by atoms with E-state index in [9.17, 15) is 9.18 Å². The average Bonchev–Trinajstić information content (AvgIpc) is 2.38. The van der Waals surface area contributed by atoms with Crippen LogP contribution in [-0.2, 0) is 0 Å². The molecule has 0 radical (unpaired) electrons. The van der Waals surface area contributed by atoms with Crippen LogP contribution < -0.4 is 5.73 Å². The van der Waals surface area contributed by atoms with Crippen LogP contribution in [0.5, 0.6) is 0 Å². The van der Waals surface area contributed by atoms with Crippen molar-refractivity contribution in [2.45, 2.75) is 19.8 Å². The van der Waals surface area contributed by atoms with E-state index >= 15 is 0 Å². The van der Waals surface area contributed by atoms with Crippen LogP contribution in [0.1, 0.15) is 30.1 Å². The van der Waals surface area contributed by atoms with Gasteiger partial charge in [0.05, 0.1) is 4.99 Å². The van der Waals surface area contributed by atoms with Crippen LogP contribution >= 0.6 is 12.2 Å². The topological polar surface area (TPSA) is 46.3 Å². The van der Waals surface area contributed by atoms with Crippen molar-refractivity contribution in [3.8, 4) is 0 Å². The van der Waals surface area contributed by atoms with E-state index in [-0.39, 0.29) is 11.3 Å². The van der Waals surface area contributed by atoms with Crippen molar-refractivity contribution in [1.29, 1.82) is 0 Å². The molecule has 0 spiro atoms. The molecule has 1 amide bonds. The first kappa shape index (κ1) is 13.9. The summed E-state index contributed by atoms with van der Waals surface area (Å²) in [6.45, 7) is 3.23. The van der Waals surface area contributed by atoms with E-state index in [0.29, 0.717) is 23.6 Å². The Morgan fingerprint density at radius 3 is 2.58 bits per heavy atom. The lowest BCUT2D eigenvalue weighted by Crippen LogP contribution is -2.46. The van der Waals surface area contributed by atoms with Crippen molar-refractivity contribution >= 4 is 23.1 Å². The van der Waals surface area contributed by atoms with Gasteiger partial charge in [-0.05, 0) is 31.0 Å². The number of hydrogen-bond acceptors (Lipinski definition) is 2. The van der Waals surface area contributed by atoms with Gasteiger partial charge in [0.2, 0.25) is 0 Å². The van der Waals surface area contributed by atoms with Crippen molar-refractivity contribution in [3.63, 3.8) is 0 Å². The molecule has 1 aliphatic rings. The van der Waals surface area contributed by atoms with Gasteiger partial charge < -0.3 is 10.6 Å². The molecule has 0 aliphatic carbocycles. The zero-order chi connectivity index (χ0) is 14.0. The van der Waals surface area contributed by atoms with Gasteiger partial charge in [-0.1, -0.05) is 25.2 Å². The molecule has 1 fully saturated rings. The zero-order valence-electron chi connectivity index (χ0n) is 10.9. The molecule has 0 atom stereocenters. The molecule has 3 nitrogen and oxygen atoms in total. The van der Waals surface area contributed by atoms with Crippen LogP contribution in [0.2, 0.25) is 0 Å². The van der Waals surface area contributed by atoms with Crippen LogP contribution in [-0.4, -0.2) is 28.9 Å². The molecule has 1 aromatic rings. The maximum absolute atomic E-state index is 13.1. The third kappa shape index (κ3) is 2.92. The standard InChI is InChI=1S/C14H17FN2OS/c1-14(13(16)19)5-7-17(8-6-14)12(18)10-3-2-4-11(15)9-10/h2-4,9H,5-8H2,1H3,(H2,16,19). The molecule has 19 heavy (non-hydrogen) atoms. The lowest BCUT2D eigenvalue weighted by atomic mass is 9.80. The molecule has 0 bridgehead atoms. The lowest BCUT2D eigenvalue weighted by Gasteiger charge is -2.38. The molecule has 1 heterocycles. The number of hydrogen-bond donors (Lipinski definition) is 1. The molecule has 102 valence electrons. The quantitative estimate of drug-likeness (QED) is 0.846. The molecule has 2 N–H and O–H groups in total. The van der Waals surface area contributed by atoms with Crippen molar-refractivity contribution in [2.24, 2.45) is 11.1 Å². The fourth-order valence-electron chi connectivity index (χ4n) is 2.25. The Bertz CT molecular complexity index is 510. The first-order chi connectivity index (χ1) is 8.92. The highest BCUT2D eigenvalue weighted by Gasteiger charge is 2.34. The highest BCUT2D eigenvalue weighted by molar-refractivity contribution is 7.80. The maximum Gasteiger partial charge on any atom is 0.253 e. The molecular weight excluding hydrogens is 263 g/mol. The van der Waals surface area contributed by atoms with E-state index < -0.39 is 5.82 Å². The summed E-state index contributed by atoms with van der Waals surface area (Å²) in [6.07, 6.45) is 1.51. The lowest BCUT2D eigenvalue weighted by molar-refractivity contribution is 0.0669. The van der Waals surface area contributed by atoms with E-state index in [1.54, 1.807) is 17.0 Å². The van der Waals surface area contributed by atoms with Gasteiger partial charge in [0.1, 0.15) is 5.82 Å². The Morgan fingerprint density at radius 2 is 2.05 bits per heavy atom. The molecule has 1 aromatic carbocycles. The van der Waals surface area contributed by atoms with Gasteiger partial charge in [-0.2, -0.15) is 0 Å². The summed E-state index contributed by atoms with van der Waals surface area (Å²) in [5.41, 5.74) is 5.95. The molecular formula is C14H17FN2OS. The Labute approximate surface area is 117 Å². The molecule has 1 aliphatic heterocycles. The second kappa shape index (κ2) is 5.25. The SMILES string of the molecule is CC1(C(N)=S)CCN(C(=O)c2cccc(F)c2)CC1. The number of halogens is 1. The van der Waals surface area contributed by atoms with Gasteiger partial charge in [-0.25, -0.2) is 4.39 Å². The summed E-state index contributed by atoms with van der Waals surface area (Å²) >= 11 is 5.07. The summed E-state index contributed by atoms with van der Waals surface area (Å²) in [5, 5.41) is 0. The molecule has 2 rings (SSSR count). The van der Waals surface area contributed by atoms with E-state index in [0.717, 1.165) is 12.8 Å². The molecule has 1 saturated heterocycles. The number of likely N-dealkylation sites (tertiary alicyclic amines) is 1. The minimum absolute atomic E-state index is 0.135. The number of carbonyl (C=O) groups is 1. The zero-order valence-corrected chi connectivity index (χ0v) is 11.7. The third-order valence-electron chi connectivity index (χ3n) is 3.82. The summed E-state index contributed by atoms with van der Waals surface area (Å²) in [4.78, 5) is 14.5. The predicted molar refractivity (Wildman–Crippen MR) is 76.4 cm³/mol. The molecule has 0 unspecified atom stereocenters. The summed E-state index contributed by atoms with van der Waals surface area (Å²) < 4.78 is 13.1. The largest absolute Gasteiger partial charge is 0.393 e. The van der Waals surface area contributed by atoms with Crippen LogP contribution in [0.3, 0.4) is 0 Å². The van der Waals surface area contributed by atoms with Crippen molar-refractivity contribution < 1.29 is 9.18 Å².